The van der Waals surface area contributed by atoms with Gasteiger partial charge in [0.15, 0.2) is 0 Å². The molecular weight excluding hydrogens is 432 g/mol. The normalized spacial score (nSPS) is 15.2. The van der Waals surface area contributed by atoms with Gasteiger partial charge in [-0.25, -0.2) is 17.7 Å². The molecule has 0 bridgehead atoms. The van der Waals surface area contributed by atoms with E-state index in [2.05, 4.69) is 10.3 Å². The molecule has 1 heterocycles. The van der Waals surface area contributed by atoms with Gasteiger partial charge >= 0.3 is 5.97 Å². The summed E-state index contributed by atoms with van der Waals surface area (Å²) >= 11 is 0. The highest BCUT2D eigenvalue weighted by atomic mass is 32.2. The van der Waals surface area contributed by atoms with Crippen LogP contribution < -0.4 is 5.32 Å². The molecule has 3 rings (SSSR count). The van der Waals surface area contributed by atoms with Crippen LogP contribution in [0.4, 0.5) is 0 Å². The Morgan fingerprint density at radius 3 is 2.59 bits per heavy atom. The molecular formula is C22H32N4O5S. The minimum atomic E-state index is -3.58. The number of ether oxygens (including phenoxy) is 1. The summed E-state index contributed by atoms with van der Waals surface area (Å²) in [6.45, 7) is 2.45. The Kier molecular flexibility index (Phi) is 7.89. The molecule has 1 N–H and O–H groups in total. The van der Waals surface area contributed by atoms with Gasteiger partial charge in [0.05, 0.1) is 15.9 Å². The molecule has 1 aromatic heterocycles. The third-order valence-electron chi connectivity index (χ3n) is 5.77. The molecule has 1 aliphatic rings. The van der Waals surface area contributed by atoms with E-state index in [9.17, 15) is 18.0 Å². The van der Waals surface area contributed by atoms with E-state index in [1.165, 1.54) is 20.2 Å². The number of imidazole rings is 1. The van der Waals surface area contributed by atoms with Gasteiger partial charge < -0.3 is 14.6 Å². The number of fused-ring (bicyclic) bond motifs is 1. The molecule has 2 aromatic rings. The van der Waals surface area contributed by atoms with Gasteiger partial charge in [0, 0.05) is 26.6 Å². The third-order valence-corrected chi connectivity index (χ3v) is 7.58. The maximum absolute atomic E-state index is 12.4. The molecule has 1 aromatic carbocycles. The van der Waals surface area contributed by atoms with Crippen LogP contribution in [0.3, 0.4) is 0 Å². The van der Waals surface area contributed by atoms with E-state index in [-0.39, 0.29) is 29.9 Å². The Hall–Kier alpha value is -2.46. The van der Waals surface area contributed by atoms with Crippen LogP contribution in [-0.4, -0.2) is 54.8 Å². The number of carbonyl (C=O) groups excluding carboxylic acids is 2. The highest BCUT2D eigenvalue weighted by molar-refractivity contribution is 7.89. The smallest absolute Gasteiger partial charge is 0.325 e. The zero-order chi connectivity index (χ0) is 23.3. The summed E-state index contributed by atoms with van der Waals surface area (Å²) < 4.78 is 33.3. The Bertz CT molecular complexity index is 1070. The molecule has 0 radical (unpaired) electrons. The number of aromatic nitrogens is 2. The lowest BCUT2D eigenvalue weighted by molar-refractivity contribution is -0.145. The molecule has 10 heteroatoms. The molecule has 1 aliphatic carbocycles. The highest BCUT2D eigenvalue weighted by Crippen LogP contribution is 2.24. The van der Waals surface area contributed by atoms with Crippen molar-refractivity contribution in [3.8, 4) is 0 Å². The highest BCUT2D eigenvalue weighted by Gasteiger charge is 2.22. The summed E-state index contributed by atoms with van der Waals surface area (Å²) in [7, 11) is -0.618. The molecule has 0 saturated heterocycles. The summed E-state index contributed by atoms with van der Waals surface area (Å²) in [4.78, 5) is 29.1. The van der Waals surface area contributed by atoms with Crippen molar-refractivity contribution in [2.45, 2.75) is 63.5 Å². The fourth-order valence-corrected chi connectivity index (χ4v) is 4.90. The van der Waals surface area contributed by atoms with Crippen LogP contribution in [0.25, 0.3) is 11.0 Å². The van der Waals surface area contributed by atoms with Crippen LogP contribution >= 0.6 is 0 Å². The van der Waals surface area contributed by atoms with E-state index < -0.39 is 16.0 Å². The Balaban J connectivity index is 1.68. The van der Waals surface area contributed by atoms with Gasteiger partial charge in [0.1, 0.15) is 19.0 Å². The van der Waals surface area contributed by atoms with E-state index in [4.69, 9.17) is 4.74 Å². The van der Waals surface area contributed by atoms with Crippen LogP contribution in [0.1, 0.15) is 51.3 Å². The average molecular weight is 465 g/mol. The van der Waals surface area contributed by atoms with E-state index in [1.807, 2.05) is 11.5 Å². The zero-order valence-electron chi connectivity index (χ0n) is 19.0. The van der Waals surface area contributed by atoms with E-state index in [1.54, 1.807) is 12.1 Å². The van der Waals surface area contributed by atoms with Gasteiger partial charge in [-0.15, -0.1) is 0 Å². The van der Waals surface area contributed by atoms with Crippen LogP contribution in [-0.2, 0) is 37.5 Å². The molecule has 1 fully saturated rings. The molecule has 1 amide bonds. The summed E-state index contributed by atoms with van der Waals surface area (Å²) in [5.41, 5.74) is 1.30. The van der Waals surface area contributed by atoms with Crippen molar-refractivity contribution in [1.82, 2.24) is 19.2 Å². The topological polar surface area (TPSA) is 111 Å². The number of amides is 1. The summed E-state index contributed by atoms with van der Waals surface area (Å²) in [5, 5.41) is 2.68. The largest absolute Gasteiger partial charge is 0.456 e. The van der Waals surface area contributed by atoms with Crippen molar-refractivity contribution in [3.05, 3.63) is 24.0 Å². The maximum atomic E-state index is 12.4. The second-order valence-electron chi connectivity index (χ2n) is 8.33. The first-order valence-corrected chi connectivity index (χ1v) is 12.5. The fourth-order valence-electron chi connectivity index (χ4n) is 3.98. The minimum absolute atomic E-state index is 0.0158. The molecule has 176 valence electrons. The number of aryl methyl sites for hydroxylation is 1. The molecule has 0 atom stereocenters. The number of hydrogen-bond acceptors (Lipinski definition) is 6. The van der Waals surface area contributed by atoms with Crippen molar-refractivity contribution in [2.75, 3.05) is 20.6 Å². The number of carbonyl (C=O) groups is 2. The summed E-state index contributed by atoms with van der Waals surface area (Å²) in [6, 6.07) is 4.82. The fraction of sp³-hybridized carbons (Fsp3) is 0.591. The lowest BCUT2D eigenvalue weighted by atomic mass is 9.89. The van der Waals surface area contributed by atoms with Crippen molar-refractivity contribution >= 4 is 32.9 Å². The number of hydrogen-bond donors (Lipinski definition) is 1. The molecule has 32 heavy (non-hydrogen) atoms. The predicted molar refractivity (Wildman–Crippen MR) is 120 cm³/mol. The lowest BCUT2D eigenvalue weighted by Gasteiger charge is -2.20. The number of sulfonamides is 1. The average Bonchev–Trinajstić information content (AvgIpc) is 3.13. The number of esters is 1. The van der Waals surface area contributed by atoms with Crippen molar-refractivity contribution in [3.63, 3.8) is 0 Å². The Labute approximate surface area is 189 Å². The molecule has 9 nitrogen and oxygen atoms in total. The van der Waals surface area contributed by atoms with Crippen molar-refractivity contribution in [1.29, 1.82) is 0 Å². The van der Waals surface area contributed by atoms with Gasteiger partial charge in [-0.2, -0.15) is 0 Å². The van der Waals surface area contributed by atoms with Crippen LogP contribution in [0, 0.1) is 5.92 Å². The number of nitrogens with zero attached hydrogens (tertiary/aromatic N) is 3. The molecule has 0 aliphatic heterocycles. The van der Waals surface area contributed by atoms with Crippen LogP contribution in [0.2, 0.25) is 0 Å². The van der Waals surface area contributed by atoms with E-state index in [0.717, 1.165) is 48.3 Å². The Morgan fingerprint density at radius 1 is 1.22 bits per heavy atom. The first-order valence-electron chi connectivity index (χ1n) is 11.1. The monoisotopic (exact) mass is 464 g/mol. The summed E-state index contributed by atoms with van der Waals surface area (Å²) in [6.07, 6.45) is 5.83. The first kappa shape index (κ1) is 24.2. The van der Waals surface area contributed by atoms with Gasteiger partial charge in [-0.1, -0.05) is 26.2 Å². The number of nitrogens with one attached hydrogen (secondary N) is 1. The predicted octanol–water partition coefficient (Wildman–Crippen LogP) is 2.44. The van der Waals surface area contributed by atoms with E-state index in [0.29, 0.717) is 17.9 Å². The first-order chi connectivity index (χ1) is 15.2. The lowest BCUT2D eigenvalue weighted by Crippen LogP contribution is -2.36. The quantitative estimate of drug-likeness (QED) is 0.571. The second kappa shape index (κ2) is 10.4. The SMILES string of the molecule is CCCn1c(COC(=O)CNC(=O)C2CCCCC2)nc2cc(S(=O)(=O)N(C)C)ccc21. The number of benzene rings is 1. The van der Waals surface area contributed by atoms with Gasteiger partial charge in [0.2, 0.25) is 15.9 Å². The molecule has 0 spiro atoms. The van der Waals surface area contributed by atoms with Crippen molar-refractivity contribution < 1.29 is 22.7 Å². The van der Waals surface area contributed by atoms with E-state index >= 15 is 0 Å². The van der Waals surface area contributed by atoms with Gasteiger partial charge in [0.25, 0.3) is 0 Å². The van der Waals surface area contributed by atoms with Crippen molar-refractivity contribution in [2.24, 2.45) is 5.92 Å². The van der Waals surface area contributed by atoms with Crippen LogP contribution in [0.15, 0.2) is 23.1 Å². The molecule has 1 saturated carbocycles. The van der Waals surface area contributed by atoms with Gasteiger partial charge in [-0.3, -0.25) is 9.59 Å². The van der Waals surface area contributed by atoms with Gasteiger partial charge in [-0.05, 0) is 37.5 Å². The molecule has 0 unspecified atom stereocenters. The standard InChI is InChI=1S/C22H32N4O5S/c1-4-12-26-19-11-10-17(32(29,30)25(2)3)13-18(19)24-20(26)15-31-21(27)14-23-22(28)16-8-6-5-7-9-16/h10-11,13,16H,4-9,12,14-15H2,1-3H3,(H,23,28). The number of rotatable bonds is 9. The van der Waals surface area contributed by atoms with Crippen LogP contribution in [0.5, 0.6) is 0 Å². The Morgan fingerprint density at radius 2 is 1.94 bits per heavy atom. The third kappa shape index (κ3) is 5.47. The summed E-state index contributed by atoms with van der Waals surface area (Å²) in [5.74, 6) is -0.0965. The maximum Gasteiger partial charge on any atom is 0.325 e. The minimum Gasteiger partial charge on any atom is -0.456 e. The second-order valence-corrected chi connectivity index (χ2v) is 10.5. The zero-order valence-corrected chi connectivity index (χ0v) is 19.8.